The van der Waals surface area contributed by atoms with Crippen LogP contribution >= 0.6 is 0 Å². The lowest BCUT2D eigenvalue weighted by molar-refractivity contribution is 0.0593. The number of carbonyl (C=O) groups excluding carboxylic acids is 1. The summed E-state index contributed by atoms with van der Waals surface area (Å²) in [6.45, 7) is 8.47. The first-order valence-electron chi connectivity index (χ1n) is 11.7. The maximum Gasteiger partial charge on any atom is 0.274 e. The van der Waals surface area contributed by atoms with Crippen LogP contribution in [0, 0.1) is 19.8 Å². The predicted molar refractivity (Wildman–Crippen MR) is 121 cm³/mol. The summed E-state index contributed by atoms with van der Waals surface area (Å²) in [4.78, 5) is 18.0. The average Bonchev–Trinajstić information content (AvgIpc) is 3.44. The van der Waals surface area contributed by atoms with E-state index in [2.05, 4.69) is 51.2 Å². The number of likely N-dealkylation sites (tertiary alicyclic amines) is 1. The van der Waals surface area contributed by atoms with Gasteiger partial charge in [-0.2, -0.15) is 5.10 Å². The topological polar surface area (TPSA) is 52.2 Å². The van der Waals surface area contributed by atoms with Crippen LogP contribution < -0.4 is 0 Å². The van der Waals surface area contributed by atoms with E-state index >= 15 is 0 Å². The maximum absolute atomic E-state index is 13.2. The van der Waals surface area contributed by atoms with Crippen LogP contribution in [0.2, 0.25) is 0 Å². The van der Waals surface area contributed by atoms with Crippen molar-refractivity contribution in [1.82, 2.24) is 20.0 Å². The highest BCUT2D eigenvalue weighted by molar-refractivity contribution is 5.92. The molecule has 1 aromatic carbocycles. The molecule has 0 unspecified atom stereocenters. The van der Waals surface area contributed by atoms with E-state index in [9.17, 15) is 4.79 Å². The van der Waals surface area contributed by atoms with Crippen molar-refractivity contribution in [2.45, 2.75) is 64.8 Å². The van der Waals surface area contributed by atoms with Crippen LogP contribution in [0.5, 0.6) is 0 Å². The smallest absolute Gasteiger partial charge is 0.274 e. The average molecular weight is 409 g/mol. The zero-order chi connectivity index (χ0) is 20.9. The molecule has 0 atom stereocenters. The molecule has 0 spiro atoms. The number of carbonyl (C=O) groups is 1. The second-order valence-electron chi connectivity index (χ2n) is 9.29. The van der Waals surface area contributed by atoms with Crippen LogP contribution in [0.4, 0.5) is 0 Å². The minimum Gasteiger partial charge on any atom is -0.334 e. The summed E-state index contributed by atoms with van der Waals surface area (Å²) in [6.07, 6.45) is 8.27. The van der Waals surface area contributed by atoms with Crippen molar-refractivity contribution < 1.29 is 4.79 Å². The Kier molecular flexibility index (Phi) is 6.88. The molecule has 2 aromatic rings. The lowest BCUT2D eigenvalue weighted by atomic mass is 9.94. The molecule has 1 aromatic heterocycles. The second-order valence-corrected chi connectivity index (χ2v) is 9.29. The van der Waals surface area contributed by atoms with E-state index in [4.69, 9.17) is 0 Å². The summed E-state index contributed by atoms with van der Waals surface area (Å²) in [6, 6.07) is 11.0. The molecule has 4 rings (SSSR count). The molecule has 5 heteroatoms. The van der Waals surface area contributed by atoms with Gasteiger partial charge in [-0.05, 0) is 82.2 Å². The van der Waals surface area contributed by atoms with E-state index in [1.807, 2.05) is 13.0 Å². The molecule has 162 valence electrons. The SMILES string of the molecule is Cc1cc(C(=O)N(CC2CCN(CCc3ccccc3C)CC2)C2CCCC2)n[nH]1. The summed E-state index contributed by atoms with van der Waals surface area (Å²) < 4.78 is 0. The van der Waals surface area contributed by atoms with Crippen molar-refractivity contribution in [3.05, 3.63) is 52.8 Å². The number of benzene rings is 1. The third-order valence-corrected chi connectivity index (χ3v) is 7.07. The monoisotopic (exact) mass is 408 g/mol. The molecule has 1 amide bonds. The first kappa shape index (κ1) is 21.1. The molecule has 0 bridgehead atoms. The van der Waals surface area contributed by atoms with E-state index in [-0.39, 0.29) is 5.91 Å². The number of aromatic nitrogens is 2. The predicted octanol–water partition coefficient (Wildman–Crippen LogP) is 4.37. The molecule has 1 aliphatic heterocycles. The van der Waals surface area contributed by atoms with Crippen LogP contribution in [0.1, 0.15) is 65.8 Å². The molecular weight excluding hydrogens is 372 g/mol. The molecule has 0 radical (unpaired) electrons. The number of hydrogen-bond donors (Lipinski definition) is 1. The van der Waals surface area contributed by atoms with Crippen LogP contribution in [0.15, 0.2) is 30.3 Å². The van der Waals surface area contributed by atoms with Crippen molar-refractivity contribution in [3.8, 4) is 0 Å². The van der Waals surface area contributed by atoms with Gasteiger partial charge in [0.25, 0.3) is 5.91 Å². The number of hydrogen-bond acceptors (Lipinski definition) is 3. The van der Waals surface area contributed by atoms with Crippen molar-refractivity contribution in [3.63, 3.8) is 0 Å². The van der Waals surface area contributed by atoms with Crippen LogP contribution in [-0.4, -0.2) is 58.1 Å². The Morgan fingerprint density at radius 1 is 1.13 bits per heavy atom. The van der Waals surface area contributed by atoms with Gasteiger partial charge in [0.1, 0.15) is 5.69 Å². The fourth-order valence-electron chi connectivity index (χ4n) is 5.13. The van der Waals surface area contributed by atoms with Crippen LogP contribution in [-0.2, 0) is 6.42 Å². The fraction of sp³-hybridized carbons (Fsp3) is 0.600. The van der Waals surface area contributed by atoms with Crippen molar-refractivity contribution in [1.29, 1.82) is 0 Å². The molecule has 1 saturated heterocycles. The molecule has 30 heavy (non-hydrogen) atoms. The molecule has 1 aliphatic carbocycles. The summed E-state index contributed by atoms with van der Waals surface area (Å²) in [7, 11) is 0. The van der Waals surface area contributed by atoms with Gasteiger partial charge in [-0.1, -0.05) is 37.1 Å². The number of nitrogens with one attached hydrogen (secondary N) is 1. The normalized spacial score (nSPS) is 18.7. The summed E-state index contributed by atoms with van der Waals surface area (Å²) in [5, 5.41) is 7.18. The minimum atomic E-state index is 0.119. The molecular formula is C25H36N4O. The van der Waals surface area contributed by atoms with Crippen molar-refractivity contribution in [2.24, 2.45) is 5.92 Å². The first-order valence-corrected chi connectivity index (χ1v) is 11.7. The third-order valence-electron chi connectivity index (χ3n) is 7.07. The molecule has 5 nitrogen and oxygen atoms in total. The van der Waals surface area contributed by atoms with Gasteiger partial charge < -0.3 is 9.80 Å². The van der Waals surface area contributed by atoms with E-state index in [0.29, 0.717) is 17.7 Å². The Morgan fingerprint density at radius 3 is 2.53 bits per heavy atom. The fourth-order valence-corrected chi connectivity index (χ4v) is 5.13. The largest absolute Gasteiger partial charge is 0.334 e. The highest BCUT2D eigenvalue weighted by atomic mass is 16.2. The number of aryl methyl sites for hydroxylation is 2. The number of nitrogens with zero attached hydrogens (tertiary/aromatic N) is 3. The lowest BCUT2D eigenvalue weighted by Crippen LogP contribution is -2.45. The maximum atomic E-state index is 13.2. The van der Waals surface area contributed by atoms with Gasteiger partial charge in [0.2, 0.25) is 0 Å². The third kappa shape index (κ3) is 5.12. The number of rotatable bonds is 7. The number of H-pyrrole nitrogens is 1. The Balaban J connectivity index is 1.31. The van der Waals surface area contributed by atoms with Gasteiger partial charge in [-0.15, -0.1) is 0 Å². The van der Waals surface area contributed by atoms with E-state index < -0.39 is 0 Å². The molecule has 2 aliphatic rings. The summed E-state index contributed by atoms with van der Waals surface area (Å²) in [5.74, 6) is 0.720. The van der Waals surface area contributed by atoms with E-state index in [1.165, 1.54) is 36.8 Å². The standard InChI is InChI=1S/C25H36N4O/c1-19-7-3-4-8-22(19)13-16-28-14-11-21(12-15-28)18-29(23-9-5-6-10-23)25(30)24-17-20(2)26-27-24/h3-4,7-8,17,21,23H,5-6,9-16,18H2,1-2H3,(H,26,27). The highest BCUT2D eigenvalue weighted by Gasteiger charge is 2.31. The van der Waals surface area contributed by atoms with Gasteiger partial charge in [-0.3, -0.25) is 9.89 Å². The zero-order valence-corrected chi connectivity index (χ0v) is 18.6. The Bertz CT molecular complexity index is 831. The molecule has 2 fully saturated rings. The van der Waals surface area contributed by atoms with Gasteiger partial charge in [-0.25, -0.2) is 0 Å². The van der Waals surface area contributed by atoms with E-state index in [1.54, 1.807) is 0 Å². The van der Waals surface area contributed by atoms with Crippen molar-refractivity contribution >= 4 is 5.91 Å². The van der Waals surface area contributed by atoms with Crippen LogP contribution in [0.3, 0.4) is 0 Å². The summed E-state index contributed by atoms with van der Waals surface area (Å²) >= 11 is 0. The highest BCUT2D eigenvalue weighted by Crippen LogP contribution is 2.28. The van der Waals surface area contributed by atoms with Crippen LogP contribution in [0.25, 0.3) is 0 Å². The Hall–Kier alpha value is -2.14. The number of amides is 1. The molecule has 2 heterocycles. The van der Waals surface area contributed by atoms with Gasteiger partial charge in [0.05, 0.1) is 0 Å². The van der Waals surface area contributed by atoms with Crippen molar-refractivity contribution in [2.75, 3.05) is 26.2 Å². The number of aromatic amines is 1. The lowest BCUT2D eigenvalue weighted by Gasteiger charge is -2.37. The summed E-state index contributed by atoms with van der Waals surface area (Å²) in [5.41, 5.74) is 4.39. The quantitative estimate of drug-likeness (QED) is 0.740. The minimum absolute atomic E-state index is 0.119. The van der Waals surface area contributed by atoms with Gasteiger partial charge in [0, 0.05) is 24.8 Å². The van der Waals surface area contributed by atoms with Gasteiger partial charge in [0.15, 0.2) is 0 Å². The zero-order valence-electron chi connectivity index (χ0n) is 18.6. The molecule has 1 saturated carbocycles. The Labute approximate surface area is 180 Å². The Morgan fingerprint density at radius 2 is 1.87 bits per heavy atom. The first-order chi connectivity index (χ1) is 14.6. The van der Waals surface area contributed by atoms with Gasteiger partial charge >= 0.3 is 0 Å². The number of piperidine rings is 1. The van der Waals surface area contributed by atoms with E-state index in [0.717, 1.165) is 51.1 Å². The molecule has 1 N–H and O–H groups in total. The second kappa shape index (κ2) is 9.78.